The number of pyridine rings is 1. The van der Waals surface area contributed by atoms with Gasteiger partial charge in [-0.15, -0.1) is 0 Å². The number of aromatic nitrogens is 2. The van der Waals surface area contributed by atoms with E-state index < -0.39 is 0 Å². The molecule has 4 heteroatoms. The molecule has 0 aliphatic carbocycles. The SMILES string of the molecule is Cc1ccc(-c2ccc3c(=O)n4c5cc(-c6c(C)cccc6C)cc(-c6c(C)cccc6C)c5nc4c4ccc(C#N)c2c34)cc1. The van der Waals surface area contributed by atoms with Gasteiger partial charge in [0.25, 0.3) is 5.56 Å². The van der Waals surface area contributed by atoms with Gasteiger partial charge >= 0.3 is 0 Å². The van der Waals surface area contributed by atoms with E-state index in [4.69, 9.17) is 4.98 Å². The summed E-state index contributed by atoms with van der Waals surface area (Å²) in [6.45, 7) is 10.6. The third-order valence-corrected chi connectivity index (χ3v) is 9.60. The van der Waals surface area contributed by atoms with Gasteiger partial charge in [-0.3, -0.25) is 9.20 Å². The van der Waals surface area contributed by atoms with Crippen molar-refractivity contribution in [1.82, 2.24) is 9.38 Å². The van der Waals surface area contributed by atoms with Crippen molar-refractivity contribution in [2.75, 3.05) is 0 Å². The largest absolute Gasteiger partial charge is 0.268 e. The molecule has 0 bridgehead atoms. The molecule has 8 aromatic rings. The Kier molecular flexibility index (Phi) is 6.10. The van der Waals surface area contributed by atoms with Gasteiger partial charge in [0.2, 0.25) is 0 Å². The van der Waals surface area contributed by atoms with Gasteiger partial charge in [0, 0.05) is 27.1 Å². The van der Waals surface area contributed by atoms with Crippen molar-refractivity contribution >= 4 is 38.2 Å². The highest BCUT2D eigenvalue weighted by atomic mass is 16.1. The fraction of sp³-hybridized carbons (Fsp3) is 0.119. The minimum Gasteiger partial charge on any atom is -0.268 e. The van der Waals surface area contributed by atoms with E-state index in [1.165, 1.54) is 16.7 Å². The lowest BCUT2D eigenvalue weighted by Gasteiger charge is -2.15. The van der Waals surface area contributed by atoms with Crippen LogP contribution in [0.3, 0.4) is 0 Å². The average Bonchev–Trinajstić information content (AvgIpc) is 3.43. The van der Waals surface area contributed by atoms with Crippen molar-refractivity contribution in [3.05, 3.63) is 141 Å². The molecular weight excluding hydrogens is 562 g/mol. The van der Waals surface area contributed by atoms with E-state index in [0.29, 0.717) is 16.6 Å². The first kappa shape index (κ1) is 27.7. The molecule has 2 aromatic heterocycles. The quantitative estimate of drug-likeness (QED) is 0.205. The number of nitriles is 1. The van der Waals surface area contributed by atoms with Crippen molar-refractivity contribution in [2.45, 2.75) is 34.6 Å². The fourth-order valence-corrected chi connectivity index (χ4v) is 7.45. The molecule has 46 heavy (non-hydrogen) atoms. The van der Waals surface area contributed by atoms with Gasteiger partial charge < -0.3 is 0 Å². The number of benzene rings is 6. The highest BCUT2D eigenvalue weighted by Gasteiger charge is 2.23. The van der Waals surface area contributed by atoms with Crippen LogP contribution in [0.1, 0.15) is 33.4 Å². The Balaban J connectivity index is 1.57. The second-order valence-electron chi connectivity index (χ2n) is 12.6. The van der Waals surface area contributed by atoms with Gasteiger partial charge in [0.15, 0.2) is 0 Å². The maximum atomic E-state index is 14.7. The molecule has 6 aromatic carbocycles. The molecule has 0 radical (unpaired) electrons. The van der Waals surface area contributed by atoms with Crippen molar-refractivity contribution in [3.8, 4) is 39.4 Å². The number of hydrogen-bond acceptors (Lipinski definition) is 3. The topological polar surface area (TPSA) is 58.2 Å². The molecule has 8 rings (SSSR count). The van der Waals surface area contributed by atoms with Crippen LogP contribution in [0.5, 0.6) is 0 Å². The van der Waals surface area contributed by atoms with Crippen molar-refractivity contribution in [2.24, 2.45) is 0 Å². The first-order valence-corrected chi connectivity index (χ1v) is 15.6. The summed E-state index contributed by atoms with van der Waals surface area (Å²) in [7, 11) is 0. The lowest BCUT2D eigenvalue weighted by Crippen LogP contribution is -2.13. The molecule has 0 atom stereocenters. The van der Waals surface area contributed by atoms with E-state index >= 15 is 0 Å². The second-order valence-corrected chi connectivity index (χ2v) is 12.6. The van der Waals surface area contributed by atoms with Gasteiger partial charge in [-0.25, -0.2) is 4.98 Å². The van der Waals surface area contributed by atoms with Gasteiger partial charge in [-0.1, -0.05) is 72.3 Å². The van der Waals surface area contributed by atoms with Crippen LogP contribution in [0, 0.1) is 45.9 Å². The van der Waals surface area contributed by atoms with E-state index in [0.717, 1.165) is 71.7 Å². The van der Waals surface area contributed by atoms with Crippen molar-refractivity contribution in [3.63, 3.8) is 0 Å². The Bertz CT molecular complexity index is 2610. The molecule has 0 fully saturated rings. The Morgan fingerprint density at radius 1 is 0.630 bits per heavy atom. The van der Waals surface area contributed by atoms with E-state index in [-0.39, 0.29) is 5.56 Å². The van der Waals surface area contributed by atoms with Crippen LogP contribution in [-0.4, -0.2) is 9.38 Å². The number of hydrogen-bond donors (Lipinski definition) is 0. The van der Waals surface area contributed by atoms with Gasteiger partial charge in [0.1, 0.15) is 5.65 Å². The Labute approximate surface area is 267 Å². The predicted octanol–water partition coefficient (Wildman–Crippen LogP) is 10.0. The summed E-state index contributed by atoms with van der Waals surface area (Å²) in [6.07, 6.45) is 0. The molecule has 0 N–H and O–H groups in total. The molecular formula is C42H31N3O. The summed E-state index contributed by atoms with van der Waals surface area (Å²) >= 11 is 0. The Morgan fingerprint density at radius 2 is 1.26 bits per heavy atom. The molecule has 0 saturated carbocycles. The first-order chi connectivity index (χ1) is 22.3. The molecule has 0 amide bonds. The lowest BCUT2D eigenvalue weighted by molar-refractivity contribution is 1.19. The zero-order valence-corrected chi connectivity index (χ0v) is 26.5. The van der Waals surface area contributed by atoms with Crippen LogP contribution in [0.15, 0.2) is 102 Å². The third kappa shape index (κ3) is 3.92. The van der Waals surface area contributed by atoms with E-state index in [1.807, 2.05) is 24.3 Å². The molecule has 0 saturated heterocycles. The molecule has 2 heterocycles. The number of imidazole rings is 1. The van der Waals surface area contributed by atoms with Gasteiger partial charge in [-0.2, -0.15) is 5.26 Å². The Morgan fingerprint density at radius 3 is 1.91 bits per heavy atom. The maximum absolute atomic E-state index is 14.7. The number of fused-ring (bicyclic) bond motifs is 4. The number of aryl methyl sites for hydroxylation is 5. The minimum atomic E-state index is -0.133. The van der Waals surface area contributed by atoms with Crippen LogP contribution >= 0.6 is 0 Å². The highest BCUT2D eigenvalue weighted by Crippen LogP contribution is 2.42. The molecule has 0 unspecified atom stereocenters. The lowest BCUT2D eigenvalue weighted by atomic mass is 9.89. The number of rotatable bonds is 3. The molecule has 220 valence electrons. The zero-order valence-electron chi connectivity index (χ0n) is 26.5. The molecule has 4 nitrogen and oxygen atoms in total. The van der Waals surface area contributed by atoms with Gasteiger partial charge in [-0.05, 0) is 115 Å². The van der Waals surface area contributed by atoms with Crippen LogP contribution < -0.4 is 5.56 Å². The zero-order chi connectivity index (χ0) is 31.9. The number of nitrogens with zero attached hydrogens (tertiary/aromatic N) is 3. The fourth-order valence-electron chi connectivity index (χ4n) is 7.45. The summed E-state index contributed by atoms with van der Waals surface area (Å²) in [5.41, 5.74) is 14.7. The summed E-state index contributed by atoms with van der Waals surface area (Å²) < 4.78 is 1.79. The molecule has 0 spiro atoms. The van der Waals surface area contributed by atoms with E-state index in [9.17, 15) is 10.1 Å². The van der Waals surface area contributed by atoms with Crippen molar-refractivity contribution in [1.29, 1.82) is 5.26 Å². The maximum Gasteiger partial charge on any atom is 0.264 e. The standard InChI is InChI=1S/C42H31N3O/c1-23-12-14-28(15-13-23)31-18-19-33-39-32(17-16-29(22-43)38(31)39)41-44-40-34(37-26(4)10-7-11-27(37)5)20-30(21-35(40)45(41)42(33)46)36-24(2)8-6-9-25(36)3/h6-21H,1-5H3. The average molecular weight is 594 g/mol. The van der Waals surface area contributed by atoms with Crippen LogP contribution in [-0.2, 0) is 0 Å². The first-order valence-electron chi connectivity index (χ1n) is 15.6. The summed E-state index contributed by atoms with van der Waals surface area (Å²) in [5, 5.41) is 13.3. The molecule has 0 aliphatic heterocycles. The summed E-state index contributed by atoms with van der Waals surface area (Å²) in [5.74, 6) is 0. The van der Waals surface area contributed by atoms with Crippen LogP contribution in [0.2, 0.25) is 0 Å². The molecule has 0 aliphatic rings. The second kappa shape index (κ2) is 10.1. The monoisotopic (exact) mass is 593 g/mol. The van der Waals surface area contributed by atoms with E-state index in [2.05, 4.69) is 113 Å². The predicted molar refractivity (Wildman–Crippen MR) is 190 cm³/mol. The third-order valence-electron chi connectivity index (χ3n) is 9.60. The van der Waals surface area contributed by atoms with Gasteiger partial charge in [0.05, 0.1) is 22.7 Å². The summed E-state index contributed by atoms with van der Waals surface area (Å²) in [4.78, 5) is 20.0. The minimum absolute atomic E-state index is 0.133. The van der Waals surface area contributed by atoms with Crippen LogP contribution in [0.25, 0.3) is 71.6 Å². The Hall–Kier alpha value is -5.79. The normalized spacial score (nSPS) is 11.7. The van der Waals surface area contributed by atoms with Crippen LogP contribution in [0.4, 0.5) is 0 Å². The van der Waals surface area contributed by atoms with E-state index in [1.54, 1.807) is 4.40 Å². The van der Waals surface area contributed by atoms with Crippen molar-refractivity contribution < 1.29 is 0 Å². The smallest absolute Gasteiger partial charge is 0.264 e. The summed E-state index contributed by atoms with van der Waals surface area (Å²) in [6, 6.07) is 35.5. The highest BCUT2D eigenvalue weighted by molar-refractivity contribution is 6.21.